The normalized spacial score (nSPS) is 17.3. The molecule has 0 saturated carbocycles. The van der Waals surface area contributed by atoms with Crippen LogP contribution in [0, 0.1) is 11.8 Å². The molecule has 0 aliphatic carbocycles. The molecule has 0 atom stereocenters. The highest BCUT2D eigenvalue weighted by Crippen LogP contribution is 2.16. The number of hydrogen-bond acceptors (Lipinski definition) is 2. The first-order valence-electron chi connectivity index (χ1n) is 7.46. The molecule has 1 N–H and O–H groups in total. The quantitative estimate of drug-likeness (QED) is 0.772. The molecular weight excluding hydrogens is 220 g/mol. The van der Waals surface area contributed by atoms with Crippen molar-refractivity contribution in [2.45, 2.75) is 47.5 Å². The van der Waals surface area contributed by atoms with E-state index in [0.29, 0.717) is 0 Å². The van der Waals surface area contributed by atoms with Crippen LogP contribution in [0.15, 0.2) is 11.6 Å². The third-order valence-corrected chi connectivity index (χ3v) is 3.40. The van der Waals surface area contributed by atoms with E-state index in [1.165, 1.54) is 44.6 Å². The van der Waals surface area contributed by atoms with Crippen molar-refractivity contribution in [2.75, 3.05) is 33.2 Å². The maximum atomic E-state index is 3.27. The molecule has 2 heteroatoms. The predicted octanol–water partition coefficient (Wildman–Crippen LogP) is 3.55. The Balaban J connectivity index is 0.000000494. The highest BCUT2D eigenvalue weighted by atomic mass is 15.1. The summed E-state index contributed by atoms with van der Waals surface area (Å²) < 4.78 is 0. The average molecular weight is 254 g/mol. The van der Waals surface area contributed by atoms with Crippen molar-refractivity contribution < 1.29 is 0 Å². The van der Waals surface area contributed by atoms with Crippen LogP contribution in [0.1, 0.15) is 47.5 Å². The van der Waals surface area contributed by atoms with E-state index in [2.05, 4.69) is 51.0 Å². The molecule has 0 aromatic heterocycles. The summed E-state index contributed by atoms with van der Waals surface area (Å²) in [5, 5.41) is 3.27. The van der Waals surface area contributed by atoms with Gasteiger partial charge in [-0.25, -0.2) is 0 Å². The van der Waals surface area contributed by atoms with Crippen LogP contribution in [0.25, 0.3) is 0 Å². The summed E-state index contributed by atoms with van der Waals surface area (Å²) in [6, 6.07) is 0. The molecule has 108 valence electrons. The lowest BCUT2D eigenvalue weighted by molar-refractivity contribution is 0.167. The van der Waals surface area contributed by atoms with Crippen LogP contribution >= 0.6 is 0 Å². The van der Waals surface area contributed by atoms with Gasteiger partial charge in [0.15, 0.2) is 0 Å². The molecule has 1 rings (SSSR count). The summed E-state index contributed by atoms with van der Waals surface area (Å²) in [5.41, 5.74) is 1.38. The van der Waals surface area contributed by atoms with E-state index < -0.39 is 0 Å². The zero-order chi connectivity index (χ0) is 14.0. The zero-order valence-electron chi connectivity index (χ0n) is 13.4. The van der Waals surface area contributed by atoms with Crippen LogP contribution in [-0.2, 0) is 0 Å². The van der Waals surface area contributed by atoms with E-state index in [9.17, 15) is 0 Å². The van der Waals surface area contributed by atoms with Gasteiger partial charge in [-0.3, -0.25) is 0 Å². The maximum absolute atomic E-state index is 3.27. The van der Waals surface area contributed by atoms with Crippen molar-refractivity contribution in [1.82, 2.24) is 10.2 Å². The first-order chi connectivity index (χ1) is 8.49. The van der Waals surface area contributed by atoms with Crippen molar-refractivity contribution in [2.24, 2.45) is 11.8 Å². The molecule has 0 bridgehead atoms. The lowest BCUT2D eigenvalue weighted by atomic mass is 9.96. The minimum absolute atomic E-state index is 0.820. The lowest BCUT2D eigenvalue weighted by Gasteiger charge is -2.32. The van der Waals surface area contributed by atoms with Gasteiger partial charge in [0.2, 0.25) is 0 Å². The SMILES string of the molecule is CC=C(C)C.CNCC1CCN(CC(C)C)CC1. The molecule has 1 fully saturated rings. The number of hydrogen-bond donors (Lipinski definition) is 1. The van der Waals surface area contributed by atoms with E-state index in [0.717, 1.165) is 11.8 Å². The van der Waals surface area contributed by atoms with Crippen LogP contribution in [0.2, 0.25) is 0 Å². The Morgan fingerprint density at radius 3 is 2.11 bits per heavy atom. The molecule has 0 aromatic carbocycles. The van der Waals surface area contributed by atoms with Gasteiger partial charge in [-0.15, -0.1) is 0 Å². The van der Waals surface area contributed by atoms with Gasteiger partial charge in [0.25, 0.3) is 0 Å². The molecular formula is C16H34N2. The first-order valence-corrected chi connectivity index (χ1v) is 7.46. The maximum Gasteiger partial charge on any atom is 0.000439 e. The zero-order valence-corrected chi connectivity index (χ0v) is 13.4. The Labute approximate surface area is 115 Å². The van der Waals surface area contributed by atoms with Crippen LogP contribution in [-0.4, -0.2) is 38.1 Å². The van der Waals surface area contributed by atoms with E-state index in [4.69, 9.17) is 0 Å². The summed E-state index contributed by atoms with van der Waals surface area (Å²) in [7, 11) is 2.06. The van der Waals surface area contributed by atoms with Gasteiger partial charge in [-0.1, -0.05) is 25.5 Å². The Hall–Kier alpha value is -0.340. The van der Waals surface area contributed by atoms with Crippen LogP contribution < -0.4 is 5.32 Å². The Morgan fingerprint density at radius 2 is 1.78 bits per heavy atom. The molecule has 0 unspecified atom stereocenters. The minimum Gasteiger partial charge on any atom is -0.319 e. The van der Waals surface area contributed by atoms with E-state index >= 15 is 0 Å². The number of piperidine rings is 1. The molecule has 1 saturated heterocycles. The second-order valence-electron chi connectivity index (χ2n) is 6.06. The van der Waals surface area contributed by atoms with E-state index in [-0.39, 0.29) is 0 Å². The molecule has 2 nitrogen and oxygen atoms in total. The van der Waals surface area contributed by atoms with Crippen molar-refractivity contribution in [3.05, 3.63) is 11.6 Å². The monoisotopic (exact) mass is 254 g/mol. The molecule has 18 heavy (non-hydrogen) atoms. The number of likely N-dealkylation sites (tertiary alicyclic amines) is 1. The summed E-state index contributed by atoms with van der Waals surface area (Å²) in [5.74, 6) is 1.74. The number of nitrogens with zero attached hydrogens (tertiary/aromatic N) is 1. The van der Waals surface area contributed by atoms with Gasteiger partial charge in [0, 0.05) is 6.54 Å². The van der Waals surface area contributed by atoms with E-state index in [1.807, 2.05) is 6.92 Å². The van der Waals surface area contributed by atoms with Gasteiger partial charge in [0.1, 0.15) is 0 Å². The number of rotatable bonds is 4. The fourth-order valence-electron chi connectivity index (χ4n) is 2.18. The molecule has 0 spiro atoms. The van der Waals surface area contributed by atoms with Crippen LogP contribution in [0.4, 0.5) is 0 Å². The molecule has 1 aliphatic rings. The van der Waals surface area contributed by atoms with Crippen molar-refractivity contribution in [3.8, 4) is 0 Å². The highest BCUT2D eigenvalue weighted by molar-refractivity contribution is 4.88. The summed E-state index contributed by atoms with van der Waals surface area (Å²) in [4.78, 5) is 2.61. The van der Waals surface area contributed by atoms with Crippen molar-refractivity contribution in [1.29, 1.82) is 0 Å². The van der Waals surface area contributed by atoms with E-state index in [1.54, 1.807) is 0 Å². The first kappa shape index (κ1) is 17.7. The number of allylic oxidation sites excluding steroid dienone is 2. The van der Waals surface area contributed by atoms with Gasteiger partial charge < -0.3 is 10.2 Å². The second-order valence-corrected chi connectivity index (χ2v) is 6.06. The average Bonchev–Trinajstić information content (AvgIpc) is 2.32. The van der Waals surface area contributed by atoms with Gasteiger partial charge in [-0.2, -0.15) is 0 Å². The Morgan fingerprint density at radius 1 is 1.28 bits per heavy atom. The van der Waals surface area contributed by atoms with Gasteiger partial charge in [-0.05, 0) is 72.1 Å². The fraction of sp³-hybridized carbons (Fsp3) is 0.875. The topological polar surface area (TPSA) is 15.3 Å². The van der Waals surface area contributed by atoms with Crippen LogP contribution in [0.3, 0.4) is 0 Å². The van der Waals surface area contributed by atoms with Gasteiger partial charge >= 0.3 is 0 Å². The van der Waals surface area contributed by atoms with Crippen molar-refractivity contribution in [3.63, 3.8) is 0 Å². The summed E-state index contributed by atoms with van der Waals surface area (Å²) in [6.07, 6.45) is 4.85. The predicted molar refractivity (Wildman–Crippen MR) is 83.0 cm³/mol. The summed E-state index contributed by atoms with van der Waals surface area (Å²) in [6.45, 7) is 15.9. The molecule has 1 heterocycles. The lowest BCUT2D eigenvalue weighted by Crippen LogP contribution is -2.38. The molecule has 0 radical (unpaired) electrons. The third-order valence-electron chi connectivity index (χ3n) is 3.40. The number of nitrogens with one attached hydrogen (secondary N) is 1. The highest BCUT2D eigenvalue weighted by Gasteiger charge is 2.18. The molecule has 0 amide bonds. The van der Waals surface area contributed by atoms with Crippen molar-refractivity contribution >= 4 is 0 Å². The Bertz CT molecular complexity index is 209. The molecule has 1 aliphatic heterocycles. The largest absolute Gasteiger partial charge is 0.319 e. The van der Waals surface area contributed by atoms with Crippen LogP contribution in [0.5, 0.6) is 0 Å². The second kappa shape index (κ2) is 10.6. The smallest absolute Gasteiger partial charge is 0.000439 e. The summed E-state index contributed by atoms with van der Waals surface area (Å²) >= 11 is 0. The van der Waals surface area contributed by atoms with Gasteiger partial charge in [0.05, 0.1) is 0 Å². The molecule has 0 aromatic rings. The fourth-order valence-corrected chi connectivity index (χ4v) is 2.18. The minimum atomic E-state index is 0.820. The standard InChI is InChI=1S/C11H24N2.C5H10/c1-10(2)9-13-6-4-11(5-7-13)8-12-3;1-4-5(2)3/h10-12H,4-9H2,1-3H3;4H,1-3H3. The Kier molecular flexibility index (Phi) is 10.4. The third kappa shape index (κ3) is 9.67.